The van der Waals surface area contributed by atoms with Crippen LogP contribution in [0.2, 0.25) is 0 Å². The van der Waals surface area contributed by atoms with Gasteiger partial charge in [-0.3, -0.25) is 0 Å². The highest BCUT2D eigenvalue weighted by Gasteiger charge is 2.22. The van der Waals surface area contributed by atoms with E-state index in [9.17, 15) is 0 Å². The second-order valence-corrected chi connectivity index (χ2v) is 6.17. The number of anilines is 2. The molecule has 0 amide bonds. The minimum Gasteiger partial charge on any atom is -0.398 e. The molecule has 1 aromatic heterocycles. The summed E-state index contributed by atoms with van der Waals surface area (Å²) in [5.41, 5.74) is 15.9. The summed E-state index contributed by atoms with van der Waals surface area (Å²) in [4.78, 5) is 1.26. The fourth-order valence-corrected chi connectivity index (χ4v) is 3.38. The van der Waals surface area contributed by atoms with E-state index in [-0.39, 0.29) is 0 Å². The summed E-state index contributed by atoms with van der Waals surface area (Å²) in [6.45, 7) is 1.93. The lowest BCUT2D eigenvalue weighted by atomic mass is 10.1. The lowest BCUT2D eigenvalue weighted by Gasteiger charge is -2.02. The molecule has 21 heavy (non-hydrogen) atoms. The van der Waals surface area contributed by atoms with E-state index in [4.69, 9.17) is 11.5 Å². The van der Waals surface area contributed by atoms with Crippen molar-refractivity contribution >= 4 is 39.6 Å². The van der Waals surface area contributed by atoms with E-state index in [2.05, 4.69) is 26.9 Å². The summed E-state index contributed by atoms with van der Waals surface area (Å²) in [5, 5.41) is 9.53. The van der Waals surface area contributed by atoms with Gasteiger partial charge in [-0.05, 0) is 53.6 Å². The van der Waals surface area contributed by atoms with E-state index in [1.807, 2.05) is 20.0 Å². The van der Waals surface area contributed by atoms with Crippen molar-refractivity contribution in [2.75, 3.05) is 11.5 Å². The Labute approximate surface area is 127 Å². The molecule has 6 heteroatoms. The number of aryl methyl sites for hydroxylation is 1. The van der Waals surface area contributed by atoms with Crippen LogP contribution in [0.5, 0.6) is 0 Å². The number of rotatable bonds is 2. The van der Waals surface area contributed by atoms with Crippen LogP contribution in [0.15, 0.2) is 28.4 Å². The zero-order valence-electron chi connectivity index (χ0n) is 12.1. The van der Waals surface area contributed by atoms with E-state index in [0.29, 0.717) is 17.1 Å². The Kier molecular flexibility index (Phi) is 3.47. The van der Waals surface area contributed by atoms with Crippen LogP contribution in [0.4, 0.5) is 22.2 Å². The molecule has 0 fully saturated rings. The number of fused-ring (bicyclic) bond motifs is 1. The third kappa shape index (κ3) is 2.54. The number of aromatic nitrogens is 1. The van der Waals surface area contributed by atoms with Gasteiger partial charge in [-0.25, -0.2) is 4.57 Å². The number of hydrogen-bond acceptors (Lipinski definition) is 5. The Bertz CT molecular complexity index is 758. The number of allylic oxidation sites excluding steroid dienone is 1. The first-order chi connectivity index (χ1) is 10.1. The monoisotopic (exact) mass is 300 g/mol. The molecule has 5 nitrogen and oxygen atoms in total. The zero-order valence-corrected chi connectivity index (χ0v) is 12.9. The molecule has 0 aliphatic heterocycles. The standard InChI is InChI=1S/C15H17N5S/c1-9-7-12(11(17)8-10(9)16)18-19-15-20(2)13-5-3-4-6-14(13)21-15/h4,6-8H,3,5H2,1-2H3,(H3,16,17)/p+1. The van der Waals surface area contributed by atoms with Crippen molar-refractivity contribution < 1.29 is 4.57 Å². The van der Waals surface area contributed by atoms with Crippen molar-refractivity contribution in [1.82, 2.24) is 0 Å². The molecule has 0 saturated heterocycles. The van der Waals surface area contributed by atoms with Crippen LogP contribution < -0.4 is 16.0 Å². The Morgan fingerprint density at radius 3 is 2.76 bits per heavy atom. The van der Waals surface area contributed by atoms with E-state index < -0.39 is 0 Å². The van der Waals surface area contributed by atoms with Gasteiger partial charge in [0.1, 0.15) is 11.4 Å². The van der Waals surface area contributed by atoms with E-state index in [0.717, 1.165) is 23.5 Å². The molecule has 0 atom stereocenters. The van der Waals surface area contributed by atoms with Crippen LogP contribution in [0.1, 0.15) is 22.6 Å². The minimum atomic E-state index is 0.547. The second kappa shape index (κ2) is 5.29. The van der Waals surface area contributed by atoms with Gasteiger partial charge < -0.3 is 11.5 Å². The summed E-state index contributed by atoms with van der Waals surface area (Å²) in [5.74, 6) is 0. The van der Waals surface area contributed by atoms with Crippen LogP contribution in [0, 0.1) is 6.92 Å². The number of thiazole rings is 1. The average Bonchev–Trinajstić information content (AvgIpc) is 2.79. The maximum Gasteiger partial charge on any atom is 0.409 e. The van der Waals surface area contributed by atoms with Gasteiger partial charge in [-0.15, -0.1) is 0 Å². The first-order valence-corrected chi connectivity index (χ1v) is 7.63. The first kappa shape index (κ1) is 13.8. The minimum absolute atomic E-state index is 0.547. The predicted molar refractivity (Wildman–Crippen MR) is 87.0 cm³/mol. The van der Waals surface area contributed by atoms with Crippen LogP contribution in [0.25, 0.3) is 6.08 Å². The Balaban J connectivity index is 1.95. The Morgan fingerprint density at radius 1 is 1.19 bits per heavy atom. The quantitative estimate of drug-likeness (QED) is 0.506. The highest BCUT2D eigenvalue weighted by molar-refractivity contribution is 7.15. The fourth-order valence-electron chi connectivity index (χ4n) is 2.34. The molecule has 2 aromatic rings. The van der Waals surface area contributed by atoms with Crippen LogP contribution in [-0.2, 0) is 13.5 Å². The maximum absolute atomic E-state index is 5.94. The van der Waals surface area contributed by atoms with Crippen molar-refractivity contribution in [1.29, 1.82) is 0 Å². The summed E-state index contributed by atoms with van der Waals surface area (Å²) in [6.07, 6.45) is 6.49. The van der Waals surface area contributed by atoms with Crippen molar-refractivity contribution in [3.63, 3.8) is 0 Å². The highest BCUT2D eigenvalue weighted by atomic mass is 32.1. The van der Waals surface area contributed by atoms with Crippen molar-refractivity contribution in [3.8, 4) is 0 Å². The molecule has 0 spiro atoms. The van der Waals surface area contributed by atoms with Crippen LogP contribution >= 0.6 is 11.3 Å². The molecule has 0 saturated carbocycles. The molecule has 0 unspecified atom stereocenters. The number of nitrogens with zero attached hydrogens (tertiary/aromatic N) is 3. The number of hydrogen-bond donors (Lipinski definition) is 2. The molecular formula is C15H18N5S+. The molecule has 3 rings (SSSR count). The smallest absolute Gasteiger partial charge is 0.398 e. The van der Waals surface area contributed by atoms with Gasteiger partial charge in [0, 0.05) is 12.1 Å². The van der Waals surface area contributed by atoms with Crippen molar-refractivity contribution in [3.05, 3.63) is 34.3 Å². The van der Waals surface area contributed by atoms with Gasteiger partial charge in [0.05, 0.1) is 22.7 Å². The normalized spacial score (nSPS) is 13.8. The van der Waals surface area contributed by atoms with Crippen LogP contribution in [-0.4, -0.2) is 0 Å². The van der Waals surface area contributed by atoms with E-state index in [1.165, 1.54) is 10.6 Å². The molecule has 0 radical (unpaired) electrons. The Hall–Kier alpha value is -2.21. The molecule has 1 aliphatic rings. The topological polar surface area (TPSA) is 80.6 Å². The predicted octanol–water partition coefficient (Wildman–Crippen LogP) is 3.42. The maximum atomic E-state index is 5.94. The van der Waals surface area contributed by atoms with Gasteiger partial charge in [-0.2, -0.15) is 0 Å². The highest BCUT2D eigenvalue weighted by Crippen LogP contribution is 2.32. The van der Waals surface area contributed by atoms with Crippen molar-refractivity contribution in [2.24, 2.45) is 17.3 Å². The molecule has 1 heterocycles. The lowest BCUT2D eigenvalue weighted by molar-refractivity contribution is -0.662. The van der Waals surface area contributed by atoms with Gasteiger partial charge in [0.25, 0.3) is 0 Å². The number of nitrogens with two attached hydrogens (primary N) is 2. The number of nitrogen functional groups attached to an aromatic ring is 2. The molecular weight excluding hydrogens is 282 g/mol. The van der Waals surface area contributed by atoms with E-state index >= 15 is 0 Å². The lowest BCUT2D eigenvalue weighted by Crippen LogP contribution is -2.31. The van der Waals surface area contributed by atoms with E-state index in [1.54, 1.807) is 17.4 Å². The SMILES string of the molecule is Cc1cc(N=Nc2sc3c([n+]2C)CCC=C3)c(N)cc1N. The zero-order chi connectivity index (χ0) is 15.0. The summed E-state index contributed by atoms with van der Waals surface area (Å²) in [7, 11) is 2.03. The molecule has 108 valence electrons. The van der Waals surface area contributed by atoms with Gasteiger partial charge >= 0.3 is 5.13 Å². The van der Waals surface area contributed by atoms with Crippen LogP contribution in [0.3, 0.4) is 0 Å². The third-order valence-corrected chi connectivity index (χ3v) is 4.78. The number of benzene rings is 1. The molecule has 0 bridgehead atoms. The van der Waals surface area contributed by atoms with Gasteiger partial charge in [0.15, 0.2) is 0 Å². The number of azo groups is 1. The average molecular weight is 300 g/mol. The van der Waals surface area contributed by atoms with Crippen molar-refractivity contribution in [2.45, 2.75) is 19.8 Å². The fraction of sp³-hybridized carbons (Fsp3) is 0.267. The Morgan fingerprint density at radius 2 is 2.00 bits per heavy atom. The molecule has 1 aliphatic carbocycles. The van der Waals surface area contributed by atoms with Gasteiger partial charge in [0.2, 0.25) is 0 Å². The third-order valence-electron chi connectivity index (χ3n) is 3.65. The molecule has 4 N–H and O–H groups in total. The van der Waals surface area contributed by atoms with Gasteiger partial charge in [-0.1, -0.05) is 6.08 Å². The summed E-state index contributed by atoms with van der Waals surface area (Å²) >= 11 is 1.64. The first-order valence-electron chi connectivity index (χ1n) is 6.82. The molecule has 1 aromatic carbocycles. The summed E-state index contributed by atoms with van der Waals surface area (Å²) in [6, 6.07) is 3.59. The second-order valence-electron chi connectivity index (χ2n) is 5.16. The largest absolute Gasteiger partial charge is 0.409 e. The summed E-state index contributed by atoms with van der Waals surface area (Å²) < 4.78 is 2.10.